The van der Waals surface area contributed by atoms with E-state index in [0.29, 0.717) is 23.3 Å². The molecule has 0 saturated heterocycles. The molecule has 1 aliphatic rings. The van der Waals surface area contributed by atoms with E-state index in [1.54, 1.807) is 18.3 Å². The lowest BCUT2D eigenvalue weighted by atomic mass is 10.2. The number of hydrogen-bond donors (Lipinski definition) is 1. The van der Waals surface area contributed by atoms with Crippen LogP contribution in [-0.2, 0) is 0 Å². The average molecular weight is 282 g/mol. The van der Waals surface area contributed by atoms with Gasteiger partial charge in [-0.3, -0.25) is 4.79 Å². The number of carbonyl (C=O) groups is 1. The van der Waals surface area contributed by atoms with Gasteiger partial charge in [0.25, 0.3) is 5.91 Å². The van der Waals surface area contributed by atoms with Gasteiger partial charge in [-0.05, 0) is 32.0 Å². The number of nitrogens with one attached hydrogen (secondary N) is 1. The van der Waals surface area contributed by atoms with Crippen molar-refractivity contribution in [2.45, 2.75) is 31.7 Å². The molecule has 1 N–H and O–H groups in total. The van der Waals surface area contributed by atoms with E-state index in [4.69, 9.17) is 11.6 Å². The van der Waals surface area contributed by atoms with Gasteiger partial charge in [-0.1, -0.05) is 24.4 Å². The highest BCUT2D eigenvalue weighted by molar-refractivity contribution is 6.29. The van der Waals surface area contributed by atoms with E-state index in [1.165, 1.54) is 25.7 Å². The zero-order valence-electron chi connectivity index (χ0n) is 11.2. The van der Waals surface area contributed by atoms with Gasteiger partial charge in [0.1, 0.15) is 5.15 Å². The molecule has 19 heavy (non-hydrogen) atoms. The lowest BCUT2D eigenvalue weighted by molar-refractivity contribution is 0.0947. The van der Waals surface area contributed by atoms with E-state index in [0.717, 1.165) is 6.54 Å². The fraction of sp³-hybridized carbons (Fsp3) is 0.571. The summed E-state index contributed by atoms with van der Waals surface area (Å²) in [5, 5.41) is 3.26. The number of halogens is 1. The predicted octanol–water partition coefficient (Wildman–Crippen LogP) is 2.34. The fourth-order valence-corrected chi connectivity index (χ4v) is 2.69. The first-order valence-corrected chi connectivity index (χ1v) is 7.14. The monoisotopic (exact) mass is 281 g/mol. The van der Waals surface area contributed by atoms with Gasteiger partial charge in [-0.25, -0.2) is 4.98 Å². The molecule has 0 atom stereocenters. The number of amides is 1. The summed E-state index contributed by atoms with van der Waals surface area (Å²) in [6.07, 6.45) is 6.77. The molecule has 0 unspecified atom stereocenters. The third-order valence-electron chi connectivity index (χ3n) is 3.69. The van der Waals surface area contributed by atoms with Crippen molar-refractivity contribution in [3.8, 4) is 0 Å². The molecule has 1 amide bonds. The van der Waals surface area contributed by atoms with Crippen LogP contribution in [-0.4, -0.2) is 42.0 Å². The van der Waals surface area contributed by atoms with Crippen molar-refractivity contribution in [3.63, 3.8) is 0 Å². The van der Waals surface area contributed by atoms with Crippen LogP contribution in [0, 0.1) is 0 Å². The standard InChI is InChI=1S/C14H20ClN3O/c1-18(12-4-2-3-5-12)9-8-17-14(19)11-6-7-16-13(15)10-11/h6-7,10,12H,2-5,8-9H2,1H3,(H,17,19). The second-order valence-electron chi connectivity index (χ2n) is 5.04. The molecule has 0 bridgehead atoms. The Kier molecular flexibility index (Phi) is 5.16. The van der Waals surface area contributed by atoms with E-state index in [2.05, 4.69) is 22.2 Å². The van der Waals surface area contributed by atoms with E-state index >= 15 is 0 Å². The van der Waals surface area contributed by atoms with E-state index < -0.39 is 0 Å². The highest BCUT2D eigenvalue weighted by Crippen LogP contribution is 2.21. The minimum Gasteiger partial charge on any atom is -0.351 e. The van der Waals surface area contributed by atoms with Crippen LogP contribution in [0.4, 0.5) is 0 Å². The summed E-state index contributed by atoms with van der Waals surface area (Å²) in [7, 11) is 2.13. The molecule has 0 radical (unpaired) electrons. The number of aromatic nitrogens is 1. The maximum Gasteiger partial charge on any atom is 0.251 e. The minimum absolute atomic E-state index is 0.0934. The largest absolute Gasteiger partial charge is 0.351 e. The molecular weight excluding hydrogens is 262 g/mol. The Morgan fingerprint density at radius 3 is 2.95 bits per heavy atom. The van der Waals surface area contributed by atoms with Crippen LogP contribution in [0.2, 0.25) is 5.15 Å². The van der Waals surface area contributed by atoms with E-state index in [9.17, 15) is 4.79 Å². The highest BCUT2D eigenvalue weighted by atomic mass is 35.5. The molecule has 1 aromatic heterocycles. The lowest BCUT2D eigenvalue weighted by Crippen LogP contribution is -2.37. The Labute approximate surface area is 119 Å². The van der Waals surface area contributed by atoms with Crippen LogP contribution in [0.1, 0.15) is 36.0 Å². The topological polar surface area (TPSA) is 45.2 Å². The highest BCUT2D eigenvalue weighted by Gasteiger charge is 2.19. The van der Waals surface area contributed by atoms with Crippen molar-refractivity contribution in [3.05, 3.63) is 29.0 Å². The van der Waals surface area contributed by atoms with Crippen LogP contribution in [0.3, 0.4) is 0 Å². The van der Waals surface area contributed by atoms with Crippen LogP contribution in [0.25, 0.3) is 0 Å². The Morgan fingerprint density at radius 1 is 1.53 bits per heavy atom. The van der Waals surface area contributed by atoms with Crippen LogP contribution in [0.15, 0.2) is 18.3 Å². The Hall–Kier alpha value is -1.13. The number of likely N-dealkylation sites (N-methyl/N-ethyl adjacent to an activating group) is 1. The summed E-state index contributed by atoms with van der Waals surface area (Å²) in [4.78, 5) is 18.1. The van der Waals surface area contributed by atoms with Gasteiger partial charge in [0.15, 0.2) is 0 Å². The van der Waals surface area contributed by atoms with Crippen molar-refractivity contribution < 1.29 is 4.79 Å². The van der Waals surface area contributed by atoms with E-state index in [1.807, 2.05) is 0 Å². The number of rotatable bonds is 5. The summed E-state index contributed by atoms with van der Waals surface area (Å²) < 4.78 is 0. The van der Waals surface area contributed by atoms with Gasteiger partial charge in [0, 0.05) is 30.9 Å². The average Bonchev–Trinajstić information content (AvgIpc) is 2.92. The van der Waals surface area contributed by atoms with Gasteiger partial charge in [0.05, 0.1) is 0 Å². The van der Waals surface area contributed by atoms with Crippen molar-refractivity contribution in [1.82, 2.24) is 15.2 Å². The summed E-state index contributed by atoms with van der Waals surface area (Å²) in [6.45, 7) is 1.54. The maximum absolute atomic E-state index is 11.9. The SMILES string of the molecule is CN(CCNC(=O)c1ccnc(Cl)c1)C1CCCC1. The van der Waals surface area contributed by atoms with Crippen LogP contribution in [0.5, 0.6) is 0 Å². The van der Waals surface area contributed by atoms with Crippen molar-refractivity contribution in [2.75, 3.05) is 20.1 Å². The van der Waals surface area contributed by atoms with Crippen molar-refractivity contribution >= 4 is 17.5 Å². The van der Waals surface area contributed by atoms with Crippen molar-refractivity contribution in [2.24, 2.45) is 0 Å². The third kappa shape index (κ3) is 4.18. The Bertz CT molecular complexity index is 432. The molecular formula is C14H20ClN3O. The van der Waals surface area contributed by atoms with Gasteiger partial charge in [-0.15, -0.1) is 0 Å². The summed E-state index contributed by atoms with van der Waals surface area (Å²) in [5.41, 5.74) is 0.559. The minimum atomic E-state index is -0.0934. The maximum atomic E-state index is 11.9. The molecule has 1 heterocycles. The number of pyridine rings is 1. The first kappa shape index (κ1) is 14.3. The Balaban J connectivity index is 1.74. The molecule has 1 saturated carbocycles. The molecule has 0 aliphatic heterocycles. The quantitative estimate of drug-likeness (QED) is 0.843. The van der Waals surface area contributed by atoms with Crippen molar-refractivity contribution in [1.29, 1.82) is 0 Å². The molecule has 0 aromatic carbocycles. The molecule has 4 nitrogen and oxygen atoms in total. The molecule has 1 aromatic rings. The summed E-state index contributed by atoms with van der Waals surface area (Å²) in [5.74, 6) is -0.0934. The van der Waals surface area contributed by atoms with E-state index in [-0.39, 0.29) is 5.91 Å². The fourth-order valence-electron chi connectivity index (χ4n) is 2.52. The zero-order valence-corrected chi connectivity index (χ0v) is 12.0. The summed E-state index contributed by atoms with van der Waals surface area (Å²) in [6, 6.07) is 3.94. The third-order valence-corrected chi connectivity index (χ3v) is 3.89. The van der Waals surface area contributed by atoms with Crippen LogP contribution >= 0.6 is 11.6 Å². The molecule has 0 spiro atoms. The lowest BCUT2D eigenvalue weighted by Gasteiger charge is -2.23. The Morgan fingerprint density at radius 2 is 2.26 bits per heavy atom. The normalized spacial score (nSPS) is 15.9. The second-order valence-corrected chi connectivity index (χ2v) is 5.43. The molecule has 5 heteroatoms. The van der Waals surface area contributed by atoms with Gasteiger partial charge >= 0.3 is 0 Å². The summed E-state index contributed by atoms with van der Waals surface area (Å²) >= 11 is 5.76. The first-order valence-electron chi connectivity index (χ1n) is 6.77. The first-order chi connectivity index (χ1) is 9.16. The van der Waals surface area contributed by atoms with Gasteiger partial charge < -0.3 is 10.2 Å². The predicted molar refractivity (Wildman–Crippen MR) is 76.5 cm³/mol. The smallest absolute Gasteiger partial charge is 0.251 e. The zero-order chi connectivity index (χ0) is 13.7. The van der Waals surface area contributed by atoms with Gasteiger partial charge in [-0.2, -0.15) is 0 Å². The second kappa shape index (κ2) is 6.87. The van der Waals surface area contributed by atoms with Crippen LogP contribution < -0.4 is 5.32 Å². The molecule has 104 valence electrons. The molecule has 2 rings (SSSR count). The number of nitrogens with zero attached hydrogens (tertiary/aromatic N) is 2. The molecule has 1 fully saturated rings. The number of carbonyl (C=O) groups excluding carboxylic acids is 1. The number of hydrogen-bond acceptors (Lipinski definition) is 3. The van der Waals surface area contributed by atoms with Gasteiger partial charge in [0.2, 0.25) is 0 Å². The molecule has 1 aliphatic carbocycles.